The fourth-order valence-corrected chi connectivity index (χ4v) is 4.35. The largest absolute Gasteiger partial charge is 0.417 e. The maximum atomic E-state index is 13.2. The molecule has 0 saturated carbocycles. The predicted octanol–water partition coefficient (Wildman–Crippen LogP) is 3.49. The van der Waals surface area contributed by atoms with E-state index in [0.29, 0.717) is 25.0 Å². The molecular weight excluding hydrogens is 459 g/mol. The van der Waals surface area contributed by atoms with Gasteiger partial charge in [0.15, 0.2) is 0 Å². The molecule has 1 saturated heterocycles. The molecule has 2 atom stereocenters. The molecule has 1 fully saturated rings. The summed E-state index contributed by atoms with van der Waals surface area (Å²) >= 11 is 5.58. The van der Waals surface area contributed by atoms with E-state index >= 15 is 0 Å². The van der Waals surface area contributed by atoms with Gasteiger partial charge in [0.25, 0.3) is 15.9 Å². The number of carbonyl (C=O) groups excluding carboxylic acids is 1. The van der Waals surface area contributed by atoms with E-state index in [2.05, 4.69) is 4.98 Å². The van der Waals surface area contributed by atoms with E-state index in [9.17, 15) is 26.4 Å². The molecule has 1 aromatic heterocycles. The van der Waals surface area contributed by atoms with E-state index in [-0.39, 0.29) is 22.1 Å². The lowest BCUT2D eigenvalue weighted by Crippen LogP contribution is -2.45. The van der Waals surface area contributed by atoms with Crippen LogP contribution in [-0.4, -0.2) is 44.6 Å². The molecule has 1 aliphatic heterocycles. The van der Waals surface area contributed by atoms with Crippen molar-refractivity contribution in [3.8, 4) is 0 Å². The van der Waals surface area contributed by atoms with Crippen LogP contribution in [0, 0.1) is 0 Å². The Balaban J connectivity index is 1.81. The first-order valence-electron chi connectivity index (χ1n) is 9.17. The Morgan fingerprint density at radius 3 is 2.39 bits per heavy atom. The van der Waals surface area contributed by atoms with E-state index in [0.717, 1.165) is 18.3 Å². The number of benzene rings is 1. The summed E-state index contributed by atoms with van der Waals surface area (Å²) in [6, 6.07) is 5.14. The lowest BCUT2D eigenvalue weighted by atomic mass is 10.1. The lowest BCUT2D eigenvalue weighted by Gasteiger charge is -2.36. The molecule has 1 amide bonds. The Kier molecular flexibility index (Phi) is 6.49. The van der Waals surface area contributed by atoms with Crippen LogP contribution in [0.25, 0.3) is 0 Å². The molecule has 0 radical (unpaired) electrons. The van der Waals surface area contributed by atoms with Gasteiger partial charge in [-0.3, -0.25) is 4.79 Å². The monoisotopic (exact) mass is 477 g/mol. The van der Waals surface area contributed by atoms with Gasteiger partial charge < -0.3 is 9.64 Å². The minimum absolute atomic E-state index is 0.0320. The number of ether oxygens (including phenoxy) is 1. The molecule has 7 nitrogen and oxygen atoms in total. The van der Waals surface area contributed by atoms with Crippen LogP contribution in [-0.2, 0) is 20.9 Å². The quantitative estimate of drug-likeness (QED) is 0.725. The summed E-state index contributed by atoms with van der Waals surface area (Å²) < 4.78 is 72.0. The molecule has 2 unspecified atom stereocenters. The van der Waals surface area contributed by atoms with Gasteiger partial charge in [0, 0.05) is 24.3 Å². The first-order valence-corrected chi connectivity index (χ1v) is 11.0. The van der Waals surface area contributed by atoms with Crippen LogP contribution >= 0.6 is 11.6 Å². The summed E-state index contributed by atoms with van der Waals surface area (Å²) in [5.74, 6) is -0.909. The Labute approximate surface area is 182 Å². The minimum atomic E-state index is -4.89. The van der Waals surface area contributed by atoms with Gasteiger partial charge in [-0.2, -0.15) is 13.2 Å². The number of pyridine rings is 1. The molecule has 31 heavy (non-hydrogen) atoms. The zero-order valence-electron chi connectivity index (χ0n) is 16.5. The van der Waals surface area contributed by atoms with Crippen molar-refractivity contribution >= 4 is 33.3 Å². The maximum absolute atomic E-state index is 13.2. The molecule has 0 spiro atoms. The molecule has 2 heterocycles. The van der Waals surface area contributed by atoms with Crippen molar-refractivity contribution in [1.82, 2.24) is 9.71 Å². The Morgan fingerprint density at radius 2 is 1.84 bits per heavy atom. The third-order valence-corrected chi connectivity index (χ3v) is 6.08. The molecule has 2 aromatic rings. The van der Waals surface area contributed by atoms with Crippen molar-refractivity contribution in [2.75, 3.05) is 18.0 Å². The second-order valence-corrected chi connectivity index (χ2v) is 9.26. The number of aromatic nitrogens is 1. The summed E-state index contributed by atoms with van der Waals surface area (Å²) in [6.07, 6.45) is -3.91. The van der Waals surface area contributed by atoms with Crippen molar-refractivity contribution < 1.29 is 31.1 Å². The number of amides is 1. The van der Waals surface area contributed by atoms with Gasteiger partial charge in [0.2, 0.25) is 0 Å². The van der Waals surface area contributed by atoms with E-state index in [1.54, 1.807) is 4.72 Å². The normalized spacial score (nSPS) is 19.9. The lowest BCUT2D eigenvalue weighted by molar-refractivity contribution is -0.137. The highest BCUT2D eigenvalue weighted by atomic mass is 35.5. The Hall–Kier alpha value is -2.37. The first-order chi connectivity index (χ1) is 14.4. The number of morpholine rings is 1. The SMILES string of the molecule is CC1CN(c2ccc(S(=O)(=O)NC(=O)c3ccc(Cl)cc3C(F)(F)F)cn2)CC(C)O1. The molecule has 168 valence electrons. The smallest absolute Gasteiger partial charge is 0.372 e. The number of halogens is 4. The zero-order valence-corrected chi connectivity index (χ0v) is 18.1. The third kappa shape index (κ3) is 5.46. The summed E-state index contributed by atoms with van der Waals surface area (Å²) in [6.45, 7) is 4.94. The molecule has 3 rings (SSSR count). The van der Waals surface area contributed by atoms with E-state index in [1.807, 2.05) is 18.7 Å². The molecule has 0 aliphatic carbocycles. The van der Waals surface area contributed by atoms with E-state index in [4.69, 9.17) is 16.3 Å². The number of nitrogens with zero attached hydrogens (tertiary/aromatic N) is 2. The fourth-order valence-electron chi connectivity index (χ4n) is 3.27. The van der Waals surface area contributed by atoms with Gasteiger partial charge in [-0.05, 0) is 44.2 Å². The molecule has 12 heteroatoms. The van der Waals surface area contributed by atoms with Crippen molar-refractivity contribution in [2.24, 2.45) is 0 Å². The minimum Gasteiger partial charge on any atom is -0.372 e. The number of alkyl halides is 3. The van der Waals surface area contributed by atoms with Crippen LogP contribution in [0.15, 0.2) is 41.4 Å². The average Bonchev–Trinajstić information content (AvgIpc) is 2.66. The molecule has 1 aliphatic rings. The third-order valence-electron chi connectivity index (χ3n) is 4.53. The molecule has 1 N–H and O–H groups in total. The number of rotatable bonds is 4. The van der Waals surface area contributed by atoms with Crippen LogP contribution in [0.1, 0.15) is 29.8 Å². The number of hydrogen-bond donors (Lipinski definition) is 1. The summed E-state index contributed by atoms with van der Waals surface area (Å²) in [5.41, 5.74) is -2.20. The van der Waals surface area contributed by atoms with Gasteiger partial charge in [0.1, 0.15) is 10.7 Å². The topological polar surface area (TPSA) is 88.6 Å². The van der Waals surface area contributed by atoms with E-state index in [1.165, 1.54) is 12.1 Å². The Morgan fingerprint density at radius 1 is 1.19 bits per heavy atom. The number of nitrogens with one attached hydrogen (secondary N) is 1. The second kappa shape index (κ2) is 8.64. The van der Waals surface area contributed by atoms with Crippen LogP contribution in [0.4, 0.5) is 19.0 Å². The summed E-state index contributed by atoms with van der Waals surface area (Å²) in [4.78, 5) is 18.0. The highest BCUT2D eigenvalue weighted by Crippen LogP contribution is 2.34. The molecule has 1 aromatic carbocycles. The number of sulfonamides is 1. The van der Waals surface area contributed by atoms with Gasteiger partial charge in [-0.1, -0.05) is 11.6 Å². The average molecular weight is 478 g/mol. The van der Waals surface area contributed by atoms with Crippen LogP contribution in [0.3, 0.4) is 0 Å². The molecular formula is C19H19ClF3N3O4S. The highest BCUT2D eigenvalue weighted by Gasteiger charge is 2.36. The van der Waals surface area contributed by atoms with E-state index < -0.39 is 33.2 Å². The molecule has 0 bridgehead atoms. The second-order valence-electron chi connectivity index (χ2n) is 7.14. The van der Waals surface area contributed by atoms with Crippen molar-refractivity contribution in [3.63, 3.8) is 0 Å². The van der Waals surface area contributed by atoms with Gasteiger partial charge in [-0.15, -0.1) is 0 Å². The standard InChI is InChI=1S/C19H19ClF3N3O4S/c1-11-9-26(10-12(2)30-11)17-6-4-14(8-24-17)31(28,29)25-18(27)15-5-3-13(20)7-16(15)19(21,22)23/h3-8,11-12H,9-10H2,1-2H3,(H,25,27). The van der Waals surface area contributed by atoms with Gasteiger partial charge >= 0.3 is 6.18 Å². The van der Waals surface area contributed by atoms with Crippen LogP contribution in [0.2, 0.25) is 5.02 Å². The van der Waals surface area contributed by atoms with Gasteiger partial charge in [-0.25, -0.2) is 18.1 Å². The zero-order chi connectivity index (χ0) is 23.0. The van der Waals surface area contributed by atoms with Crippen molar-refractivity contribution in [3.05, 3.63) is 52.7 Å². The van der Waals surface area contributed by atoms with Gasteiger partial charge in [0.05, 0.1) is 23.3 Å². The number of hydrogen-bond acceptors (Lipinski definition) is 6. The van der Waals surface area contributed by atoms with Crippen molar-refractivity contribution in [2.45, 2.75) is 37.1 Å². The van der Waals surface area contributed by atoms with Crippen molar-refractivity contribution in [1.29, 1.82) is 0 Å². The fraction of sp³-hybridized carbons (Fsp3) is 0.368. The number of carbonyl (C=O) groups is 1. The summed E-state index contributed by atoms with van der Waals surface area (Å²) in [5, 5.41) is -0.238. The Bertz CT molecular complexity index is 1070. The summed E-state index contributed by atoms with van der Waals surface area (Å²) in [7, 11) is -4.45. The van der Waals surface area contributed by atoms with Crippen LogP contribution < -0.4 is 9.62 Å². The highest BCUT2D eigenvalue weighted by molar-refractivity contribution is 7.90. The maximum Gasteiger partial charge on any atom is 0.417 e. The number of anilines is 1. The predicted molar refractivity (Wildman–Crippen MR) is 108 cm³/mol. The van der Waals surface area contributed by atoms with Crippen LogP contribution in [0.5, 0.6) is 0 Å². The first kappa shape index (κ1) is 23.3.